The Morgan fingerprint density at radius 1 is 1.38 bits per heavy atom. The van der Waals surface area contributed by atoms with Gasteiger partial charge in [0.2, 0.25) is 0 Å². The number of nitrogens with two attached hydrogens (primary N) is 1. The lowest BCUT2D eigenvalue weighted by molar-refractivity contribution is 0.195. The normalized spacial score (nSPS) is 35.3. The molecule has 1 nitrogen and oxygen atoms in total. The van der Waals surface area contributed by atoms with Crippen molar-refractivity contribution in [3.05, 3.63) is 0 Å². The fourth-order valence-electron chi connectivity index (χ4n) is 2.73. The Morgan fingerprint density at radius 3 is 2.46 bits per heavy atom. The van der Waals surface area contributed by atoms with E-state index in [4.69, 9.17) is 5.73 Å². The number of rotatable bonds is 3. The summed E-state index contributed by atoms with van der Waals surface area (Å²) in [7, 11) is 0. The van der Waals surface area contributed by atoms with Crippen molar-refractivity contribution in [2.75, 3.05) is 0 Å². The van der Waals surface area contributed by atoms with Gasteiger partial charge in [0.05, 0.1) is 0 Å². The second-order valence-electron chi connectivity index (χ2n) is 4.39. The maximum atomic E-state index is 6.49. The van der Waals surface area contributed by atoms with Gasteiger partial charge in [-0.25, -0.2) is 0 Å². The maximum Gasteiger partial charge on any atom is 0.0300 e. The van der Waals surface area contributed by atoms with E-state index in [9.17, 15) is 0 Å². The third-order valence-corrected chi connectivity index (χ3v) is 4.44. The smallest absolute Gasteiger partial charge is 0.0300 e. The van der Waals surface area contributed by atoms with Crippen LogP contribution in [0.25, 0.3) is 0 Å². The molecule has 13 heavy (non-hydrogen) atoms. The minimum Gasteiger partial charge on any atom is -0.324 e. The Balaban J connectivity index is 2.69. The molecule has 2 N–H and O–H groups in total. The first-order valence-electron chi connectivity index (χ1n) is 5.62. The van der Waals surface area contributed by atoms with E-state index in [0.717, 1.165) is 0 Å². The molecule has 0 radical (unpaired) electrons. The van der Waals surface area contributed by atoms with Gasteiger partial charge in [0.1, 0.15) is 0 Å². The minimum absolute atomic E-state index is 0.0187. The van der Waals surface area contributed by atoms with Crippen LogP contribution in [-0.4, -0.2) is 10.8 Å². The summed E-state index contributed by atoms with van der Waals surface area (Å²) in [5, 5.41) is 0.422. The molecule has 0 aromatic carbocycles. The Labute approximate surface area is 87.9 Å². The second kappa shape index (κ2) is 4.70. The molecule has 0 bridgehead atoms. The third kappa shape index (κ3) is 2.21. The van der Waals surface area contributed by atoms with Crippen molar-refractivity contribution < 1.29 is 0 Å². The summed E-state index contributed by atoms with van der Waals surface area (Å²) in [6.45, 7) is 4.50. The number of hydrogen-bond donors (Lipinski definition) is 2. The van der Waals surface area contributed by atoms with Crippen molar-refractivity contribution in [1.29, 1.82) is 0 Å². The van der Waals surface area contributed by atoms with Crippen molar-refractivity contribution in [2.45, 2.75) is 63.2 Å². The second-order valence-corrected chi connectivity index (χ2v) is 5.01. The van der Waals surface area contributed by atoms with Crippen LogP contribution in [0.4, 0.5) is 0 Å². The van der Waals surface area contributed by atoms with Crippen molar-refractivity contribution in [3.8, 4) is 0 Å². The van der Waals surface area contributed by atoms with E-state index in [0.29, 0.717) is 11.2 Å². The molecule has 1 rings (SSSR count). The van der Waals surface area contributed by atoms with E-state index in [1.165, 1.54) is 38.5 Å². The average molecular weight is 201 g/mol. The van der Waals surface area contributed by atoms with Gasteiger partial charge < -0.3 is 5.73 Å². The van der Waals surface area contributed by atoms with Crippen LogP contribution in [0.5, 0.6) is 0 Å². The molecule has 0 saturated heterocycles. The van der Waals surface area contributed by atoms with Gasteiger partial charge in [-0.1, -0.05) is 39.5 Å². The lowest BCUT2D eigenvalue weighted by Crippen LogP contribution is -2.55. The molecular formula is C11H23NS. The molecule has 0 aromatic rings. The molecule has 1 aliphatic rings. The van der Waals surface area contributed by atoms with Crippen LogP contribution in [0.2, 0.25) is 0 Å². The van der Waals surface area contributed by atoms with Crippen LogP contribution in [0.15, 0.2) is 0 Å². The lowest BCUT2D eigenvalue weighted by atomic mass is 9.71. The molecule has 0 aliphatic heterocycles. The van der Waals surface area contributed by atoms with Crippen molar-refractivity contribution in [1.82, 2.24) is 0 Å². The Kier molecular flexibility index (Phi) is 4.11. The van der Waals surface area contributed by atoms with Gasteiger partial charge >= 0.3 is 0 Å². The summed E-state index contributed by atoms with van der Waals surface area (Å²) in [4.78, 5) is 0. The van der Waals surface area contributed by atoms with Crippen molar-refractivity contribution in [2.24, 2.45) is 11.7 Å². The molecule has 0 spiro atoms. The molecule has 2 heteroatoms. The van der Waals surface area contributed by atoms with Gasteiger partial charge in [-0.3, -0.25) is 0 Å². The molecule has 2 unspecified atom stereocenters. The molecule has 2 atom stereocenters. The Morgan fingerprint density at radius 2 is 2.00 bits per heavy atom. The van der Waals surface area contributed by atoms with Gasteiger partial charge in [-0.05, 0) is 18.8 Å². The predicted octanol–water partition coefficient (Wildman–Crippen LogP) is 2.99. The van der Waals surface area contributed by atoms with Gasteiger partial charge in [-0.2, -0.15) is 12.6 Å². The van der Waals surface area contributed by atoms with Crippen molar-refractivity contribution >= 4 is 12.6 Å². The first-order chi connectivity index (χ1) is 6.15. The van der Waals surface area contributed by atoms with Gasteiger partial charge in [0, 0.05) is 10.8 Å². The number of hydrogen-bond acceptors (Lipinski definition) is 2. The topological polar surface area (TPSA) is 26.0 Å². The molecule has 1 saturated carbocycles. The van der Waals surface area contributed by atoms with Crippen LogP contribution < -0.4 is 5.73 Å². The van der Waals surface area contributed by atoms with Crippen LogP contribution in [-0.2, 0) is 0 Å². The van der Waals surface area contributed by atoms with Crippen LogP contribution >= 0.6 is 12.6 Å². The summed E-state index contributed by atoms with van der Waals surface area (Å²) < 4.78 is 0. The standard InChI is InChI=1S/C11H23NS/c1-3-9(4-2)11(12)8-6-5-7-10(11)13/h9-10,13H,3-8,12H2,1-2H3. The lowest BCUT2D eigenvalue weighted by Gasteiger charge is -2.44. The zero-order chi connectivity index (χ0) is 9.90. The van der Waals surface area contributed by atoms with E-state index in [1.54, 1.807) is 0 Å². The largest absolute Gasteiger partial charge is 0.324 e. The van der Waals surface area contributed by atoms with Crippen LogP contribution in [0, 0.1) is 5.92 Å². The summed E-state index contributed by atoms with van der Waals surface area (Å²) >= 11 is 4.66. The fourth-order valence-corrected chi connectivity index (χ4v) is 3.25. The van der Waals surface area contributed by atoms with Gasteiger partial charge in [0.25, 0.3) is 0 Å². The van der Waals surface area contributed by atoms with Gasteiger partial charge in [-0.15, -0.1) is 0 Å². The van der Waals surface area contributed by atoms with Gasteiger partial charge in [0.15, 0.2) is 0 Å². The summed E-state index contributed by atoms with van der Waals surface area (Å²) in [5.74, 6) is 0.662. The number of thiol groups is 1. The maximum absolute atomic E-state index is 6.49. The quantitative estimate of drug-likeness (QED) is 0.675. The minimum atomic E-state index is 0.0187. The highest BCUT2D eigenvalue weighted by atomic mass is 32.1. The van der Waals surface area contributed by atoms with E-state index in [1.807, 2.05) is 0 Å². The summed E-state index contributed by atoms with van der Waals surface area (Å²) in [6, 6.07) is 0. The van der Waals surface area contributed by atoms with Crippen LogP contribution in [0.1, 0.15) is 52.4 Å². The molecule has 1 fully saturated rings. The fraction of sp³-hybridized carbons (Fsp3) is 1.00. The molecule has 0 aromatic heterocycles. The Bertz CT molecular complexity index is 156. The van der Waals surface area contributed by atoms with E-state index in [-0.39, 0.29) is 5.54 Å². The average Bonchev–Trinajstić information content (AvgIpc) is 2.12. The molecule has 0 heterocycles. The monoisotopic (exact) mass is 201 g/mol. The zero-order valence-electron chi connectivity index (χ0n) is 8.92. The zero-order valence-corrected chi connectivity index (χ0v) is 9.82. The summed E-state index contributed by atoms with van der Waals surface area (Å²) in [6.07, 6.45) is 7.38. The van der Waals surface area contributed by atoms with Crippen molar-refractivity contribution in [3.63, 3.8) is 0 Å². The molecular weight excluding hydrogens is 178 g/mol. The molecule has 78 valence electrons. The van der Waals surface area contributed by atoms with E-state index < -0.39 is 0 Å². The molecule has 0 amide bonds. The first kappa shape index (κ1) is 11.4. The first-order valence-corrected chi connectivity index (χ1v) is 6.13. The van der Waals surface area contributed by atoms with E-state index >= 15 is 0 Å². The molecule has 1 aliphatic carbocycles. The van der Waals surface area contributed by atoms with E-state index in [2.05, 4.69) is 26.5 Å². The predicted molar refractivity (Wildman–Crippen MR) is 62.2 cm³/mol. The highest BCUT2D eigenvalue weighted by molar-refractivity contribution is 7.81. The third-order valence-electron chi connectivity index (χ3n) is 3.70. The highest BCUT2D eigenvalue weighted by Gasteiger charge is 2.39. The SMILES string of the molecule is CCC(CC)C1(N)CCCCC1S. The van der Waals surface area contributed by atoms with Crippen LogP contribution in [0.3, 0.4) is 0 Å². The highest BCUT2D eigenvalue weighted by Crippen LogP contribution is 2.38. The Hall–Kier alpha value is 0.310. The summed E-state index contributed by atoms with van der Waals surface area (Å²) in [5.41, 5.74) is 6.51.